The Hall–Kier alpha value is -2.24. The van der Waals surface area contributed by atoms with Crippen LogP contribution in [0.1, 0.15) is 28.4 Å². The Labute approximate surface area is 123 Å². The second-order valence-electron chi connectivity index (χ2n) is 4.52. The van der Waals surface area contributed by atoms with E-state index in [1.54, 1.807) is 54.6 Å². The lowest BCUT2D eigenvalue weighted by molar-refractivity contribution is 0.101. The highest BCUT2D eigenvalue weighted by atomic mass is 32.2. The summed E-state index contributed by atoms with van der Waals surface area (Å²) in [6.07, 6.45) is 3.32. The summed E-state index contributed by atoms with van der Waals surface area (Å²) in [6.45, 7) is 1.49. The maximum absolute atomic E-state index is 11.3. The van der Waals surface area contributed by atoms with E-state index in [-0.39, 0.29) is 10.7 Å². The van der Waals surface area contributed by atoms with E-state index in [9.17, 15) is 13.2 Å². The van der Waals surface area contributed by atoms with Crippen LogP contribution in [0.4, 0.5) is 0 Å². The van der Waals surface area contributed by atoms with Gasteiger partial charge >= 0.3 is 0 Å². The topological polar surface area (TPSA) is 71.4 Å². The fourth-order valence-electron chi connectivity index (χ4n) is 1.87. The first-order chi connectivity index (χ1) is 9.88. The second kappa shape index (κ2) is 6.03. The normalized spacial score (nSPS) is 11.7. The molecule has 0 aliphatic rings. The van der Waals surface area contributed by atoms with Gasteiger partial charge in [0.25, 0.3) is 10.1 Å². The van der Waals surface area contributed by atoms with Crippen LogP contribution in [-0.4, -0.2) is 18.8 Å². The summed E-state index contributed by atoms with van der Waals surface area (Å²) in [6, 6.07) is 13.1. The minimum Gasteiger partial charge on any atom is -0.295 e. The lowest BCUT2D eigenvalue weighted by Crippen LogP contribution is -2.00. The van der Waals surface area contributed by atoms with Crippen LogP contribution in [0.2, 0.25) is 0 Å². The summed E-state index contributed by atoms with van der Waals surface area (Å²) in [5.74, 6) is -0.0118. The van der Waals surface area contributed by atoms with Gasteiger partial charge in [0.2, 0.25) is 0 Å². The van der Waals surface area contributed by atoms with Crippen molar-refractivity contribution < 1.29 is 17.8 Å². The van der Waals surface area contributed by atoms with Gasteiger partial charge in [-0.1, -0.05) is 54.6 Å². The summed E-state index contributed by atoms with van der Waals surface area (Å²) in [5, 5.41) is 0. The summed E-state index contributed by atoms with van der Waals surface area (Å²) < 4.78 is 31.7. The first-order valence-corrected chi connectivity index (χ1v) is 7.67. The van der Waals surface area contributed by atoms with Crippen molar-refractivity contribution in [2.45, 2.75) is 11.8 Å². The Morgan fingerprint density at radius 2 is 1.62 bits per heavy atom. The van der Waals surface area contributed by atoms with Crippen LogP contribution in [0, 0.1) is 0 Å². The van der Waals surface area contributed by atoms with E-state index in [0.29, 0.717) is 11.1 Å². The molecule has 4 nitrogen and oxygen atoms in total. The van der Waals surface area contributed by atoms with Crippen molar-refractivity contribution in [2.24, 2.45) is 0 Å². The largest absolute Gasteiger partial charge is 0.295 e. The van der Waals surface area contributed by atoms with Gasteiger partial charge < -0.3 is 0 Å². The average molecular weight is 302 g/mol. The molecular formula is C16H14O4S. The van der Waals surface area contributed by atoms with E-state index >= 15 is 0 Å². The highest BCUT2D eigenvalue weighted by molar-refractivity contribution is 7.85. The summed E-state index contributed by atoms with van der Waals surface area (Å²) in [7, 11) is -4.25. The number of rotatable bonds is 4. The molecule has 2 rings (SSSR count). The van der Waals surface area contributed by atoms with Crippen LogP contribution in [0.15, 0.2) is 53.4 Å². The van der Waals surface area contributed by atoms with Crippen LogP contribution in [0.3, 0.4) is 0 Å². The molecule has 0 atom stereocenters. The van der Waals surface area contributed by atoms with Crippen LogP contribution in [0.25, 0.3) is 12.2 Å². The summed E-state index contributed by atoms with van der Waals surface area (Å²) in [5.41, 5.74) is 1.84. The molecule has 21 heavy (non-hydrogen) atoms. The molecule has 2 aromatic carbocycles. The third-order valence-electron chi connectivity index (χ3n) is 2.97. The van der Waals surface area contributed by atoms with Gasteiger partial charge in [-0.15, -0.1) is 0 Å². The van der Waals surface area contributed by atoms with E-state index < -0.39 is 10.1 Å². The van der Waals surface area contributed by atoms with Crippen molar-refractivity contribution >= 4 is 28.1 Å². The quantitative estimate of drug-likeness (QED) is 0.534. The van der Waals surface area contributed by atoms with Crippen molar-refractivity contribution in [3.05, 3.63) is 65.2 Å². The van der Waals surface area contributed by atoms with E-state index in [4.69, 9.17) is 4.55 Å². The van der Waals surface area contributed by atoms with Crippen molar-refractivity contribution in [2.75, 3.05) is 0 Å². The molecule has 0 saturated heterocycles. The first-order valence-electron chi connectivity index (χ1n) is 6.23. The number of hydrogen-bond acceptors (Lipinski definition) is 3. The molecule has 0 unspecified atom stereocenters. The molecule has 0 spiro atoms. The summed E-state index contributed by atoms with van der Waals surface area (Å²) >= 11 is 0. The Morgan fingerprint density at radius 3 is 2.19 bits per heavy atom. The van der Waals surface area contributed by atoms with Crippen LogP contribution in [-0.2, 0) is 10.1 Å². The molecule has 0 radical (unpaired) electrons. The Bertz CT molecular complexity index is 787. The second-order valence-corrected chi connectivity index (χ2v) is 5.91. The third-order valence-corrected chi connectivity index (χ3v) is 3.90. The van der Waals surface area contributed by atoms with Crippen LogP contribution in [0.5, 0.6) is 0 Å². The SMILES string of the molecule is CC(=O)c1ccc(C=Cc2ccccc2S(=O)(=O)O)cc1. The standard InChI is InChI=1S/C16H14O4S/c1-12(17)14-9-6-13(7-10-14)8-11-15-4-2-3-5-16(15)21(18,19)20/h2-11H,1H3,(H,18,19,20). The zero-order valence-electron chi connectivity index (χ0n) is 11.4. The molecule has 5 heteroatoms. The van der Waals surface area contributed by atoms with Gasteiger partial charge in [0.05, 0.1) is 0 Å². The number of carbonyl (C=O) groups excluding carboxylic acids is 1. The molecule has 0 aliphatic heterocycles. The van der Waals surface area contributed by atoms with Crippen molar-refractivity contribution in [1.82, 2.24) is 0 Å². The number of benzene rings is 2. The molecule has 0 aromatic heterocycles. The predicted octanol–water partition coefficient (Wildman–Crippen LogP) is 3.31. The number of Topliss-reactive ketones (excluding diaryl/α,β-unsaturated/α-hetero) is 1. The van der Waals surface area contributed by atoms with Crippen molar-refractivity contribution in [3.8, 4) is 0 Å². The van der Waals surface area contributed by atoms with Gasteiger partial charge in [0.15, 0.2) is 5.78 Å². The molecule has 0 saturated carbocycles. The minimum atomic E-state index is -4.25. The molecule has 0 heterocycles. The van der Waals surface area contributed by atoms with Crippen LogP contribution >= 0.6 is 0 Å². The predicted molar refractivity (Wildman–Crippen MR) is 81.6 cm³/mol. The average Bonchev–Trinajstić information content (AvgIpc) is 2.45. The molecular weight excluding hydrogens is 288 g/mol. The van der Waals surface area contributed by atoms with Gasteiger partial charge in [-0.05, 0) is 24.1 Å². The minimum absolute atomic E-state index is 0.0118. The fraction of sp³-hybridized carbons (Fsp3) is 0.0625. The molecule has 0 aliphatic carbocycles. The summed E-state index contributed by atoms with van der Waals surface area (Å²) in [4.78, 5) is 11.0. The number of carbonyl (C=O) groups is 1. The Kier molecular flexibility index (Phi) is 4.35. The van der Waals surface area contributed by atoms with E-state index in [0.717, 1.165) is 5.56 Å². The first kappa shape index (κ1) is 15.2. The highest BCUT2D eigenvalue weighted by Crippen LogP contribution is 2.18. The molecule has 0 bridgehead atoms. The maximum atomic E-state index is 11.3. The van der Waals surface area contributed by atoms with Crippen molar-refractivity contribution in [3.63, 3.8) is 0 Å². The molecule has 0 amide bonds. The van der Waals surface area contributed by atoms with E-state index in [2.05, 4.69) is 0 Å². The molecule has 1 N–H and O–H groups in total. The van der Waals surface area contributed by atoms with Gasteiger partial charge in [0, 0.05) is 5.56 Å². The number of hydrogen-bond donors (Lipinski definition) is 1. The fourth-order valence-corrected chi connectivity index (χ4v) is 2.55. The van der Waals surface area contributed by atoms with Gasteiger partial charge in [-0.25, -0.2) is 0 Å². The van der Waals surface area contributed by atoms with Crippen LogP contribution < -0.4 is 0 Å². The smallest absolute Gasteiger partial charge is 0.295 e. The lowest BCUT2D eigenvalue weighted by Gasteiger charge is -2.02. The third kappa shape index (κ3) is 3.87. The van der Waals surface area contributed by atoms with E-state index in [1.807, 2.05) is 0 Å². The zero-order chi connectivity index (χ0) is 15.5. The monoisotopic (exact) mass is 302 g/mol. The van der Waals surface area contributed by atoms with E-state index in [1.165, 1.54) is 13.0 Å². The maximum Gasteiger partial charge on any atom is 0.295 e. The highest BCUT2D eigenvalue weighted by Gasteiger charge is 2.12. The lowest BCUT2D eigenvalue weighted by atomic mass is 10.1. The molecule has 108 valence electrons. The Morgan fingerprint density at radius 1 is 1.00 bits per heavy atom. The van der Waals surface area contributed by atoms with Gasteiger partial charge in [0.1, 0.15) is 4.90 Å². The zero-order valence-corrected chi connectivity index (χ0v) is 12.2. The molecule has 0 fully saturated rings. The number of ketones is 1. The molecule has 2 aromatic rings. The van der Waals surface area contributed by atoms with Crippen molar-refractivity contribution in [1.29, 1.82) is 0 Å². The van der Waals surface area contributed by atoms with Gasteiger partial charge in [-0.2, -0.15) is 8.42 Å². The van der Waals surface area contributed by atoms with Gasteiger partial charge in [-0.3, -0.25) is 9.35 Å². The Balaban J connectivity index is 2.32.